The Kier molecular flexibility index (Phi) is 5.69. The van der Waals surface area contributed by atoms with Gasteiger partial charge in [0.05, 0.1) is 0 Å². The standard InChI is InChI=1S/C24H28/c1-3-5-11-19-13-9-17-23(21(19)15-6-4-2)24-18-10-14-20-12-7-8-16-22(20)24/h7-10,12-14,16-18H,3-6,11,15H2,1-2H3. The van der Waals surface area contributed by atoms with Crippen LogP contribution in [0.5, 0.6) is 0 Å². The molecule has 0 saturated heterocycles. The van der Waals surface area contributed by atoms with Gasteiger partial charge in [-0.2, -0.15) is 0 Å². The van der Waals surface area contributed by atoms with Crippen molar-refractivity contribution >= 4 is 10.8 Å². The van der Waals surface area contributed by atoms with Gasteiger partial charge in [-0.25, -0.2) is 0 Å². The number of rotatable bonds is 7. The number of benzene rings is 3. The summed E-state index contributed by atoms with van der Waals surface area (Å²) in [5.41, 5.74) is 5.95. The molecule has 0 amide bonds. The van der Waals surface area contributed by atoms with Crippen LogP contribution in [0.25, 0.3) is 21.9 Å². The van der Waals surface area contributed by atoms with Gasteiger partial charge in [-0.05, 0) is 58.7 Å². The topological polar surface area (TPSA) is 0 Å². The third-order valence-electron chi connectivity index (χ3n) is 4.93. The predicted molar refractivity (Wildman–Crippen MR) is 107 cm³/mol. The molecule has 0 aliphatic rings. The second kappa shape index (κ2) is 8.15. The van der Waals surface area contributed by atoms with Crippen molar-refractivity contribution in [3.8, 4) is 11.1 Å². The maximum absolute atomic E-state index is 2.34. The van der Waals surface area contributed by atoms with Crippen LogP contribution >= 0.6 is 0 Å². The molecule has 0 aromatic heterocycles. The van der Waals surface area contributed by atoms with Crippen LogP contribution in [0.4, 0.5) is 0 Å². The fourth-order valence-corrected chi connectivity index (χ4v) is 3.60. The summed E-state index contributed by atoms with van der Waals surface area (Å²) in [4.78, 5) is 0. The lowest BCUT2D eigenvalue weighted by molar-refractivity contribution is 0.759. The van der Waals surface area contributed by atoms with E-state index in [1.54, 1.807) is 11.1 Å². The van der Waals surface area contributed by atoms with Crippen molar-refractivity contribution < 1.29 is 0 Å². The molecule has 0 radical (unpaired) electrons. The van der Waals surface area contributed by atoms with Crippen molar-refractivity contribution in [2.24, 2.45) is 0 Å². The Balaban J connectivity index is 2.14. The normalized spacial score (nSPS) is 11.1. The maximum Gasteiger partial charge on any atom is -0.0103 e. The molecule has 0 unspecified atom stereocenters. The van der Waals surface area contributed by atoms with E-state index >= 15 is 0 Å². The lowest BCUT2D eigenvalue weighted by atomic mass is 9.88. The number of hydrogen-bond donors (Lipinski definition) is 0. The molecule has 0 N–H and O–H groups in total. The summed E-state index contributed by atoms with van der Waals surface area (Å²) in [6, 6.07) is 22.4. The molecule has 124 valence electrons. The molecular weight excluding hydrogens is 288 g/mol. The summed E-state index contributed by atoms with van der Waals surface area (Å²) in [7, 11) is 0. The highest BCUT2D eigenvalue weighted by molar-refractivity contribution is 5.97. The van der Waals surface area contributed by atoms with Crippen LogP contribution in [0, 0.1) is 0 Å². The molecule has 0 fully saturated rings. The van der Waals surface area contributed by atoms with E-state index in [4.69, 9.17) is 0 Å². The van der Waals surface area contributed by atoms with E-state index in [1.165, 1.54) is 60.4 Å². The van der Waals surface area contributed by atoms with Crippen molar-refractivity contribution in [3.63, 3.8) is 0 Å². The highest BCUT2D eigenvalue weighted by Crippen LogP contribution is 2.33. The largest absolute Gasteiger partial charge is 0.0654 e. The van der Waals surface area contributed by atoms with Crippen molar-refractivity contribution in [1.82, 2.24) is 0 Å². The van der Waals surface area contributed by atoms with Gasteiger partial charge in [0.2, 0.25) is 0 Å². The molecule has 24 heavy (non-hydrogen) atoms. The Morgan fingerprint density at radius 2 is 1.29 bits per heavy atom. The molecule has 0 nitrogen and oxygen atoms in total. The van der Waals surface area contributed by atoms with E-state index in [2.05, 4.69) is 74.5 Å². The van der Waals surface area contributed by atoms with Gasteiger partial charge in [-0.15, -0.1) is 0 Å². The van der Waals surface area contributed by atoms with Crippen LogP contribution in [0.2, 0.25) is 0 Å². The van der Waals surface area contributed by atoms with Gasteiger partial charge in [0, 0.05) is 0 Å². The minimum Gasteiger partial charge on any atom is -0.0654 e. The van der Waals surface area contributed by atoms with Gasteiger partial charge in [-0.3, -0.25) is 0 Å². The minimum atomic E-state index is 1.19. The van der Waals surface area contributed by atoms with Gasteiger partial charge in [0.1, 0.15) is 0 Å². The molecule has 3 aromatic rings. The number of fused-ring (bicyclic) bond motifs is 1. The number of aryl methyl sites for hydroxylation is 1. The summed E-state index contributed by atoms with van der Waals surface area (Å²) >= 11 is 0. The monoisotopic (exact) mass is 316 g/mol. The first kappa shape index (κ1) is 16.8. The number of unbranched alkanes of at least 4 members (excludes halogenated alkanes) is 2. The lowest BCUT2D eigenvalue weighted by Gasteiger charge is -2.17. The molecule has 0 heterocycles. The zero-order chi connectivity index (χ0) is 16.8. The average molecular weight is 316 g/mol. The fourth-order valence-electron chi connectivity index (χ4n) is 3.60. The molecule has 0 saturated carbocycles. The second-order valence-corrected chi connectivity index (χ2v) is 6.68. The zero-order valence-electron chi connectivity index (χ0n) is 15.0. The highest BCUT2D eigenvalue weighted by Gasteiger charge is 2.12. The van der Waals surface area contributed by atoms with Crippen LogP contribution in [-0.2, 0) is 12.8 Å². The Bertz CT molecular complexity index is 793. The van der Waals surface area contributed by atoms with E-state index in [0.29, 0.717) is 0 Å². The van der Waals surface area contributed by atoms with Gasteiger partial charge >= 0.3 is 0 Å². The summed E-state index contributed by atoms with van der Waals surface area (Å²) in [5, 5.41) is 2.70. The summed E-state index contributed by atoms with van der Waals surface area (Å²) in [6.45, 7) is 4.56. The van der Waals surface area contributed by atoms with Crippen LogP contribution < -0.4 is 0 Å². The van der Waals surface area contributed by atoms with Crippen molar-refractivity contribution in [3.05, 3.63) is 71.8 Å². The van der Waals surface area contributed by atoms with Crippen LogP contribution in [0.1, 0.15) is 50.7 Å². The molecule has 0 atom stereocenters. The van der Waals surface area contributed by atoms with E-state index in [9.17, 15) is 0 Å². The Labute approximate surface area is 146 Å². The van der Waals surface area contributed by atoms with Crippen LogP contribution in [0.3, 0.4) is 0 Å². The molecule has 0 heteroatoms. The first-order valence-electron chi connectivity index (χ1n) is 9.44. The van der Waals surface area contributed by atoms with Crippen LogP contribution in [-0.4, -0.2) is 0 Å². The second-order valence-electron chi connectivity index (χ2n) is 6.68. The number of hydrogen-bond acceptors (Lipinski definition) is 0. The van der Waals surface area contributed by atoms with E-state index < -0.39 is 0 Å². The van der Waals surface area contributed by atoms with E-state index in [1.807, 2.05) is 0 Å². The summed E-state index contributed by atoms with van der Waals surface area (Å²) in [5.74, 6) is 0. The molecule has 0 spiro atoms. The lowest BCUT2D eigenvalue weighted by Crippen LogP contribution is -1.99. The van der Waals surface area contributed by atoms with Crippen molar-refractivity contribution in [2.75, 3.05) is 0 Å². The van der Waals surface area contributed by atoms with Crippen LogP contribution in [0.15, 0.2) is 60.7 Å². The fraction of sp³-hybridized carbons (Fsp3) is 0.333. The molecule has 3 aromatic carbocycles. The third kappa shape index (κ3) is 3.53. The predicted octanol–water partition coefficient (Wildman–Crippen LogP) is 7.19. The zero-order valence-corrected chi connectivity index (χ0v) is 15.0. The smallest absolute Gasteiger partial charge is 0.0103 e. The van der Waals surface area contributed by atoms with Crippen molar-refractivity contribution in [1.29, 1.82) is 0 Å². The molecule has 3 rings (SSSR count). The van der Waals surface area contributed by atoms with Crippen molar-refractivity contribution in [2.45, 2.75) is 52.4 Å². The first-order valence-corrected chi connectivity index (χ1v) is 9.44. The molecule has 0 bridgehead atoms. The Morgan fingerprint density at radius 3 is 2.12 bits per heavy atom. The summed E-state index contributed by atoms with van der Waals surface area (Å²) in [6.07, 6.45) is 7.44. The van der Waals surface area contributed by atoms with Gasteiger partial charge < -0.3 is 0 Å². The quantitative estimate of drug-likeness (QED) is 0.432. The first-order chi connectivity index (χ1) is 11.8. The molecule has 0 aliphatic heterocycles. The van der Waals surface area contributed by atoms with Gasteiger partial charge in [-0.1, -0.05) is 87.4 Å². The molecule has 0 aliphatic carbocycles. The van der Waals surface area contributed by atoms with E-state index in [-0.39, 0.29) is 0 Å². The third-order valence-corrected chi connectivity index (χ3v) is 4.93. The minimum absolute atomic E-state index is 1.19. The Morgan fingerprint density at radius 1 is 0.625 bits per heavy atom. The summed E-state index contributed by atoms with van der Waals surface area (Å²) < 4.78 is 0. The maximum atomic E-state index is 2.34. The Hall–Kier alpha value is -2.08. The van der Waals surface area contributed by atoms with Gasteiger partial charge in [0.25, 0.3) is 0 Å². The SMILES string of the molecule is CCCCc1cccc(-c2cccc3ccccc23)c1CCCC. The van der Waals surface area contributed by atoms with Gasteiger partial charge in [0.15, 0.2) is 0 Å². The van der Waals surface area contributed by atoms with E-state index in [0.717, 1.165) is 0 Å². The highest BCUT2D eigenvalue weighted by atomic mass is 14.2. The average Bonchev–Trinajstić information content (AvgIpc) is 2.64. The molecular formula is C24H28.